The minimum atomic E-state index is -0.683. The highest BCUT2D eigenvalue weighted by atomic mass is 79.9. The molecule has 0 unspecified atom stereocenters. The van der Waals surface area contributed by atoms with E-state index in [4.69, 9.17) is 11.6 Å². The van der Waals surface area contributed by atoms with E-state index in [1.54, 1.807) is 23.5 Å². The minimum absolute atomic E-state index is 0.00195. The predicted octanol–water partition coefficient (Wildman–Crippen LogP) is 5.75. The van der Waals surface area contributed by atoms with Crippen LogP contribution < -0.4 is 0 Å². The van der Waals surface area contributed by atoms with Gasteiger partial charge >= 0.3 is 0 Å². The minimum Gasteiger partial charge on any atom is -0.288 e. The topological polar surface area (TPSA) is 17.1 Å². The van der Waals surface area contributed by atoms with Gasteiger partial charge in [-0.25, -0.2) is 4.39 Å². The maximum atomic E-state index is 14.0. The zero-order valence-electron chi connectivity index (χ0n) is 9.25. The fraction of sp³-hybridized carbons (Fsp3) is 0. The van der Waals surface area contributed by atoms with Crippen molar-refractivity contribution in [1.82, 2.24) is 0 Å². The lowest BCUT2D eigenvalue weighted by Gasteiger charge is -2.03. The highest BCUT2D eigenvalue weighted by molar-refractivity contribution is 9.10. The van der Waals surface area contributed by atoms with Gasteiger partial charge in [-0.05, 0) is 45.6 Å². The Hall–Kier alpha value is -0.750. The summed E-state index contributed by atoms with van der Waals surface area (Å²) in [7, 11) is 0. The fourth-order valence-electron chi connectivity index (χ4n) is 1.71. The summed E-state index contributed by atoms with van der Waals surface area (Å²) in [5.74, 6) is -1.02. The van der Waals surface area contributed by atoms with Gasteiger partial charge in [-0.1, -0.05) is 11.6 Å². The van der Waals surface area contributed by atoms with Crippen molar-refractivity contribution in [3.05, 3.63) is 55.4 Å². The summed E-state index contributed by atoms with van der Waals surface area (Å²) in [5, 5.41) is 1.90. The van der Waals surface area contributed by atoms with Crippen molar-refractivity contribution in [3.8, 4) is 0 Å². The van der Waals surface area contributed by atoms with E-state index < -0.39 is 5.82 Å². The van der Waals surface area contributed by atoms with Crippen molar-refractivity contribution >= 4 is 65.4 Å². The Balaban J connectivity index is 2.09. The third kappa shape index (κ3) is 2.25. The number of ketones is 1. The monoisotopic (exact) mass is 374 g/mol. The molecule has 96 valence electrons. The molecule has 0 atom stereocenters. The van der Waals surface area contributed by atoms with Crippen LogP contribution in [0.3, 0.4) is 0 Å². The third-order valence-electron chi connectivity index (χ3n) is 2.64. The van der Waals surface area contributed by atoms with Gasteiger partial charge in [-0.15, -0.1) is 22.7 Å². The molecule has 0 fully saturated rings. The summed E-state index contributed by atoms with van der Waals surface area (Å²) in [6, 6.07) is 6.77. The van der Waals surface area contributed by atoms with E-state index in [2.05, 4.69) is 15.9 Å². The Kier molecular flexibility index (Phi) is 3.47. The maximum absolute atomic E-state index is 14.0. The van der Waals surface area contributed by atoms with Crippen molar-refractivity contribution in [2.45, 2.75) is 0 Å². The van der Waals surface area contributed by atoms with Crippen molar-refractivity contribution in [2.75, 3.05) is 0 Å². The average Bonchev–Trinajstić information content (AvgIpc) is 2.96. The molecule has 0 aliphatic carbocycles. The van der Waals surface area contributed by atoms with Crippen LogP contribution in [0.1, 0.15) is 15.2 Å². The van der Waals surface area contributed by atoms with Gasteiger partial charge in [0, 0.05) is 13.9 Å². The number of fused-ring (bicyclic) bond motifs is 1. The summed E-state index contributed by atoms with van der Waals surface area (Å²) >= 11 is 11.9. The Bertz CT molecular complexity index is 765. The van der Waals surface area contributed by atoms with Gasteiger partial charge in [-0.2, -0.15) is 0 Å². The molecule has 0 saturated heterocycles. The number of benzene rings is 1. The number of rotatable bonds is 2. The number of halogens is 3. The molecule has 2 aromatic heterocycles. The van der Waals surface area contributed by atoms with Gasteiger partial charge < -0.3 is 0 Å². The molecule has 1 nitrogen and oxygen atoms in total. The molecule has 0 radical (unpaired) electrons. The van der Waals surface area contributed by atoms with Crippen molar-refractivity contribution in [3.63, 3.8) is 0 Å². The number of carbonyl (C=O) groups excluding carboxylic acids is 1. The first-order valence-corrected chi connectivity index (χ1v) is 8.10. The first-order chi connectivity index (χ1) is 9.08. The largest absolute Gasteiger partial charge is 0.288 e. The van der Waals surface area contributed by atoms with Crippen LogP contribution in [0.2, 0.25) is 5.02 Å². The second kappa shape index (κ2) is 4.98. The van der Waals surface area contributed by atoms with Gasteiger partial charge in [0.15, 0.2) is 5.82 Å². The van der Waals surface area contributed by atoms with Crippen LogP contribution in [0.25, 0.3) is 9.40 Å². The Labute approximate surface area is 129 Å². The lowest BCUT2D eigenvalue weighted by Crippen LogP contribution is -2.02. The van der Waals surface area contributed by atoms with Crippen LogP contribution in [0.5, 0.6) is 0 Å². The zero-order valence-corrected chi connectivity index (χ0v) is 13.2. The summed E-state index contributed by atoms with van der Waals surface area (Å²) in [5.41, 5.74) is 0.00195. The fourth-order valence-corrected chi connectivity index (χ4v) is 4.25. The predicted molar refractivity (Wildman–Crippen MR) is 82.2 cm³/mol. The summed E-state index contributed by atoms with van der Waals surface area (Å²) in [6.07, 6.45) is 0. The zero-order chi connectivity index (χ0) is 13.6. The number of carbonyl (C=O) groups is 1. The van der Waals surface area contributed by atoms with E-state index in [0.29, 0.717) is 9.35 Å². The number of hydrogen-bond acceptors (Lipinski definition) is 3. The van der Waals surface area contributed by atoms with E-state index in [0.717, 1.165) is 9.40 Å². The molecule has 0 amide bonds. The molecule has 0 spiro atoms. The van der Waals surface area contributed by atoms with E-state index in [1.165, 1.54) is 17.4 Å². The normalized spacial score (nSPS) is 11.1. The van der Waals surface area contributed by atoms with Gasteiger partial charge in [-0.3, -0.25) is 4.79 Å². The molecule has 6 heteroatoms. The summed E-state index contributed by atoms with van der Waals surface area (Å²) in [6.45, 7) is 0. The van der Waals surface area contributed by atoms with Crippen LogP contribution in [0.4, 0.5) is 4.39 Å². The highest BCUT2D eigenvalue weighted by Gasteiger charge is 2.20. The van der Waals surface area contributed by atoms with Crippen LogP contribution in [-0.2, 0) is 0 Å². The average molecular weight is 376 g/mol. The molecule has 0 aliphatic heterocycles. The molecular weight excluding hydrogens is 371 g/mol. The SMILES string of the molecule is O=C(c1cc2sccc2s1)c1ccc(Br)c(Cl)c1F. The van der Waals surface area contributed by atoms with Crippen LogP contribution >= 0.6 is 50.2 Å². The van der Waals surface area contributed by atoms with Crippen LogP contribution in [0.15, 0.2) is 34.1 Å². The highest BCUT2D eigenvalue weighted by Crippen LogP contribution is 2.33. The van der Waals surface area contributed by atoms with Gasteiger partial charge in [0.1, 0.15) is 0 Å². The first-order valence-electron chi connectivity index (χ1n) is 5.23. The number of thiophene rings is 2. The smallest absolute Gasteiger partial charge is 0.206 e. The summed E-state index contributed by atoms with van der Waals surface area (Å²) in [4.78, 5) is 12.8. The molecule has 3 aromatic rings. The van der Waals surface area contributed by atoms with Crippen molar-refractivity contribution in [2.24, 2.45) is 0 Å². The molecule has 0 saturated carbocycles. The van der Waals surface area contributed by atoms with Crippen molar-refractivity contribution in [1.29, 1.82) is 0 Å². The van der Waals surface area contributed by atoms with E-state index in [9.17, 15) is 9.18 Å². The standard InChI is InChI=1S/C13H5BrClFOS2/c14-7-2-1-6(12(16)11(7)15)13(17)10-5-9-8(19-10)3-4-18-9/h1-5H. The van der Waals surface area contributed by atoms with Gasteiger partial charge in [0.05, 0.1) is 15.5 Å². The van der Waals surface area contributed by atoms with E-state index >= 15 is 0 Å². The maximum Gasteiger partial charge on any atom is 0.206 e. The molecule has 3 rings (SSSR count). The second-order valence-electron chi connectivity index (χ2n) is 3.81. The molecule has 2 heterocycles. The van der Waals surface area contributed by atoms with Crippen molar-refractivity contribution < 1.29 is 9.18 Å². The molecule has 0 N–H and O–H groups in total. The number of hydrogen-bond donors (Lipinski definition) is 0. The molecule has 19 heavy (non-hydrogen) atoms. The van der Waals surface area contributed by atoms with Gasteiger partial charge in [0.2, 0.25) is 5.78 Å². The van der Waals surface area contributed by atoms with Gasteiger partial charge in [0.25, 0.3) is 0 Å². The molecule has 0 aliphatic rings. The third-order valence-corrected chi connectivity index (χ3v) is 5.99. The lowest BCUT2D eigenvalue weighted by atomic mass is 10.1. The Morgan fingerprint density at radius 1 is 1.26 bits per heavy atom. The second-order valence-corrected chi connectivity index (χ2v) is 7.08. The molecular formula is C13H5BrClFOS2. The Morgan fingerprint density at radius 2 is 2.05 bits per heavy atom. The quantitative estimate of drug-likeness (QED) is 0.412. The molecule has 0 bridgehead atoms. The molecule has 1 aromatic carbocycles. The Morgan fingerprint density at radius 3 is 2.79 bits per heavy atom. The lowest BCUT2D eigenvalue weighted by molar-refractivity contribution is 0.103. The van der Waals surface area contributed by atoms with E-state index in [1.807, 2.05) is 11.4 Å². The first kappa shape index (κ1) is 13.2. The van der Waals surface area contributed by atoms with Crippen LogP contribution in [-0.4, -0.2) is 5.78 Å². The van der Waals surface area contributed by atoms with Crippen LogP contribution in [0, 0.1) is 5.82 Å². The van der Waals surface area contributed by atoms with E-state index in [-0.39, 0.29) is 16.4 Å². The summed E-state index contributed by atoms with van der Waals surface area (Å²) < 4.78 is 16.5.